The molecule has 0 unspecified atom stereocenters. The van der Waals surface area contributed by atoms with Crippen LogP contribution in [-0.2, 0) is 4.79 Å². The van der Waals surface area contributed by atoms with E-state index in [0.29, 0.717) is 18.7 Å². The first kappa shape index (κ1) is 17.3. The van der Waals surface area contributed by atoms with Gasteiger partial charge in [0.15, 0.2) is 17.3 Å². The number of carboxylic acids is 1. The predicted molar refractivity (Wildman–Crippen MR) is 87.5 cm³/mol. The lowest BCUT2D eigenvalue weighted by Gasteiger charge is -2.23. The second-order valence-electron chi connectivity index (χ2n) is 6.55. The molecule has 2 N–H and O–H groups in total. The van der Waals surface area contributed by atoms with Crippen LogP contribution in [0.25, 0.3) is 0 Å². The Bertz CT molecular complexity index is 711. The largest absolute Gasteiger partial charge is 0.493 e. The molecule has 7 nitrogen and oxygen atoms in total. The van der Waals surface area contributed by atoms with Crippen LogP contribution in [0.5, 0.6) is 11.5 Å². The molecule has 2 atom stereocenters. The zero-order valence-electron chi connectivity index (χ0n) is 14.2. The van der Waals surface area contributed by atoms with E-state index in [1.807, 2.05) is 0 Å². The molecule has 2 fully saturated rings. The number of urea groups is 1. The van der Waals surface area contributed by atoms with Crippen molar-refractivity contribution in [3.8, 4) is 11.5 Å². The first-order chi connectivity index (χ1) is 11.9. The number of hydrogen-bond acceptors (Lipinski definition) is 4. The van der Waals surface area contributed by atoms with E-state index in [-0.39, 0.29) is 23.9 Å². The maximum atomic E-state index is 14.2. The highest BCUT2D eigenvalue weighted by Gasteiger charge is 2.55. The Balaban J connectivity index is 1.77. The summed E-state index contributed by atoms with van der Waals surface area (Å²) in [7, 11) is 2.81. The van der Waals surface area contributed by atoms with Crippen LogP contribution in [0.1, 0.15) is 19.3 Å². The number of carbonyl (C=O) groups is 2. The maximum absolute atomic E-state index is 14.2. The Kier molecular flexibility index (Phi) is 4.45. The summed E-state index contributed by atoms with van der Waals surface area (Å²) < 4.78 is 24.3. The van der Waals surface area contributed by atoms with Crippen molar-refractivity contribution in [3.05, 3.63) is 17.9 Å². The van der Waals surface area contributed by atoms with Crippen molar-refractivity contribution in [1.82, 2.24) is 4.90 Å². The highest BCUT2D eigenvalue weighted by molar-refractivity contribution is 5.91. The van der Waals surface area contributed by atoms with Crippen molar-refractivity contribution < 1.29 is 28.6 Å². The van der Waals surface area contributed by atoms with Crippen LogP contribution >= 0.6 is 0 Å². The number of ether oxygens (including phenoxy) is 2. The fourth-order valence-corrected chi connectivity index (χ4v) is 3.94. The highest BCUT2D eigenvalue weighted by atomic mass is 19.1. The van der Waals surface area contributed by atoms with Crippen LogP contribution in [0.15, 0.2) is 12.1 Å². The number of benzene rings is 1. The van der Waals surface area contributed by atoms with Gasteiger partial charge in [-0.25, -0.2) is 9.18 Å². The Morgan fingerprint density at radius 3 is 2.60 bits per heavy atom. The maximum Gasteiger partial charge on any atom is 0.321 e. The van der Waals surface area contributed by atoms with Gasteiger partial charge in [0.25, 0.3) is 0 Å². The standard InChI is InChI=1S/C17H21FN2O5/c1-24-13-6-11(18)12(7-14(13)25-2)19-16(23)20-8-10-4-3-5-17(10,9-20)15(21)22/h6-7,10H,3-5,8-9H2,1-2H3,(H,19,23)(H,21,22)/t10-,17+/m0/s1. The predicted octanol–water partition coefficient (Wildman–Crippen LogP) is 2.56. The Morgan fingerprint density at radius 2 is 2.00 bits per heavy atom. The quantitative estimate of drug-likeness (QED) is 0.869. The van der Waals surface area contributed by atoms with E-state index in [1.165, 1.54) is 25.2 Å². The Labute approximate surface area is 144 Å². The number of carboxylic acid groups (broad SMARTS) is 1. The van der Waals surface area contributed by atoms with Crippen molar-refractivity contribution >= 4 is 17.7 Å². The van der Waals surface area contributed by atoms with Crippen LogP contribution in [-0.4, -0.2) is 49.3 Å². The molecule has 1 aliphatic heterocycles. The lowest BCUT2D eigenvalue weighted by molar-refractivity contribution is -0.149. The van der Waals surface area contributed by atoms with Gasteiger partial charge in [0, 0.05) is 25.2 Å². The minimum absolute atomic E-state index is 0.0379. The van der Waals surface area contributed by atoms with E-state index >= 15 is 0 Å². The van der Waals surface area contributed by atoms with Crippen molar-refractivity contribution in [2.45, 2.75) is 19.3 Å². The van der Waals surface area contributed by atoms with Gasteiger partial charge in [-0.3, -0.25) is 4.79 Å². The third-order valence-corrected chi connectivity index (χ3v) is 5.30. The fourth-order valence-electron chi connectivity index (χ4n) is 3.94. The number of amides is 2. The van der Waals surface area contributed by atoms with Gasteiger partial charge in [0.2, 0.25) is 0 Å². The summed E-state index contributed by atoms with van der Waals surface area (Å²) in [5, 5.41) is 12.1. The Morgan fingerprint density at radius 1 is 1.32 bits per heavy atom. The van der Waals surface area contributed by atoms with Crippen molar-refractivity contribution in [1.29, 1.82) is 0 Å². The van der Waals surface area contributed by atoms with Crippen LogP contribution in [0.2, 0.25) is 0 Å². The molecule has 8 heteroatoms. The van der Waals surface area contributed by atoms with E-state index in [1.54, 1.807) is 0 Å². The van der Waals surface area contributed by atoms with Gasteiger partial charge in [0.05, 0.1) is 25.3 Å². The molecule has 1 heterocycles. The molecule has 0 spiro atoms. The van der Waals surface area contributed by atoms with Gasteiger partial charge < -0.3 is 24.8 Å². The zero-order valence-corrected chi connectivity index (χ0v) is 14.2. The third kappa shape index (κ3) is 2.85. The number of nitrogens with zero attached hydrogens (tertiary/aromatic N) is 1. The Hall–Kier alpha value is -2.51. The van der Waals surface area contributed by atoms with Crippen LogP contribution in [0.4, 0.5) is 14.9 Å². The molecule has 1 saturated carbocycles. The van der Waals surface area contributed by atoms with E-state index in [2.05, 4.69) is 5.32 Å². The second-order valence-corrected chi connectivity index (χ2v) is 6.55. The summed E-state index contributed by atoms with van der Waals surface area (Å²) >= 11 is 0. The number of fused-ring (bicyclic) bond motifs is 1. The number of likely N-dealkylation sites (tertiary alicyclic amines) is 1. The van der Waals surface area contributed by atoms with Crippen LogP contribution in [0.3, 0.4) is 0 Å². The van der Waals surface area contributed by atoms with E-state index in [9.17, 15) is 19.1 Å². The third-order valence-electron chi connectivity index (χ3n) is 5.30. The molecule has 1 aromatic carbocycles. The number of halogens is 1. The molecular weight excluding hydrogens is 331 g/mol. The molecule has 2 amide bonds. The molecular formula is C17H21FN2O5. The number of hydrogen-bond donors (Lipinski definition) is 2. The summed E-state index contributed by atoms with van der Waals surface area (Å²) in [5.74, 6) is -1.05. The number of nitrogens with one attached hydrogen (secondary N) is 1. The number of anilines is 1. The molecule has 0 bridgehead atoms. The topological polar surface area (TPSA) is 88.1 Å². The van der Waals surface area contributed by atoms with Crippen molar-refractivity contribution in [2.75, 3.05) is 32.6 Å². The molecule has 3 rings (SSSR count). The molecule has 1 aromatic rings. The second kappa shape index (κ2) is 6.42. The molecule has 25 heavy (non-hydrogen) atoms. The SMILES string of the molecule is COc1cc(F)c(NC(=O)N2C[C@@H]3CCC[C@@]3(C(=O)O)C2)cc1OC. The number of methoxy groups -OCH3 is 2. The monoisotopic (exact) mass is 352 g/mol. The molecule has 2 aliphatic rings. The first-order valence-corrected chi connectivity index (χ1v) is 8.12. The average molecular weight is 352 g/mol. The number of aliphatic carboxylic acids is 1. The average Bonchev–Trinajstić information content (AvgIpc) is 3.14. The fraction of sp³-hybridized carbons (Fsp3) is 0.529. The molecule has 1 saturated heterocycles. The minimum Gasteiger partial charge on any atom is -0.493 e. The molecule has 0 aromatic heterocycles. The van der Waals surface area contributed by atoms with Crippen LogP contribution < -0.4 is 14.8 Å². The molecule has 0 radical (unpaired) electrons. The lowest BCUT2D eigenvalue weighted by atomic mass is 9.81. The molecule has 1 aliphatic carbocycles. The number of carbonyl (C=O) groups excluding carboxylic acids is 1. The van der Waals surface area contributed by atoms with E-state index in [0.717, 1.165) is 18.9 Å². The zero-order chi connectivity index (χ0) is 18.2. The summed E-state index contributed by atoms with van der Waals surface area (Å²) in [5.41, 5.74) is -0.905. The minimum atomic E-state index is -0.868. The van der Waals surface area contributed by atoms with E-state index in [4.69, 9.17) is 9.47 Å². The van der Waals surface area contributed by atoms with Crippen molar-refractivity contribution in [3.63, 3.8) is 0 Å². The van der Waals surface area contributed by atoms with Gasteiger partial charge in [-0.1, -0.05) is 6.42 Å². The van der Waals surface area contributed by atoms with Gasteiger partial charge in [-0.15, -0.1) is 0 Å². The molecule has 136 valence electrons. The number of rotatable bonds is 4. The van der Waals surface area contributed by atoms with Crippen molar-refractivity contribution in [2.24, 2.45) is 11.3 Å². The van der Waals surface area contributed by atoms with Gasteiger partial charge in [-0.2, -0.15) is 0 Å². The lowest BCUT2D eigenvalue weighted by Crippen LogP contribution is -2.38. The summed E-state index contributed by atoms with van der Waals surface area (Å²) in [6, 6.07) is 1.96. The van der Waals surface area contributed by atoms with E-state index < -0.39 is 23.2 Å². The summed E-state index contributed by atoms with van der Waals surface area (Å²) in [6.45, 7) is 0.515. The first-order valence-electron chi connectivity index (χ1n) is 8.12. The summed E-state index contributed by atoms with van der Waals surface area (Å²) in [6.07, 6.45) is 2.22. The van der Waals surface area contributed by atoms with Gasteiger partial charge in [0.1, 0.15) is 0 Å². The highest BCUT2D eigenvalue weighted by Crippen LogP contribution is 2.49. The van der Waals surface area contributed by atoms with Crippen LogP contribution in [0, 0.1) is 17.2 Å². The van der Waals surface area contributed by atoms with Gasteiger partial charge in [-0.05, 0) is 18.8 Å². The smallest absolute Gasteiger partial charge is 0.321 e. The van der Waals surface area contributed by atoms with Gasteiger partial charge >= 0.3 is 12.0 Å². The normalized spacial score (nSPS) is 24.8. The summed E-state index contributed by atoms with van der Waals surface area (Å²) in [4.78, 5) is 25.6.